The summed E-state index contributed by atoms with van der Waals surface area (Å²) in [4.78, 5) is 0. The number of rotatable bonds is 6. The Hall–Kier alpha value is -0.740. The third-order valence-corrected chi connectivity index (χ3v) is 2.12. The molecular weight excluding hydrogens is 184 g/mol. The van der Waals surface area contributed by atoms with Crippen molar-refractivity contribution in [1.82, 2.24) is 0 Å². The molecule has 0 aromatic heterocycles. The molecule has 4 nitrogen and oxygen atoms in total. The van der Waals surface area contributed by atoms with Crippen LogP contribution in [0.5, 0.6) is 0 Å². The second-order valence-electron chi connectivity index (χ2n) is 3.70. The summed E-state index contributed by atoms with van der Waals surface area (Å²) in [6.07, 6.45) is 1.46. The van der Waals surface area contributed by atoms with Crippen molar-refractivity contribution in [3.63, 3.8) is 0 Å². The van der Waals surface area contributed by atoms with Gasteiger partial charge in [-0.3, -0.25) is 0 Å². The van der Waals surface area contributed by atoms with Crippen LogP contribution < -0.4 is 0 Å². The molecule has 0 saturated heterocycles. The highest BCUT2D eigenvalue weighted by molar-refractivity contribution is 4.98. The van der Waals surface area contributed by atoms with E-state index in [4.69, 9.17) is 19.3 Å². The molecule has 1 unspecified atom stereocenters. The molecule has 4 heteroatoms. The van der Waals surface area contributed by atoms with Crippen LogP contribution in [0.4, 0.5) is 0 Å². The van der Waals surface area contributed by atoms with Gasteiger partial charge in [-0.25, -0.2) is 0 Å². The van der Waals surface area contributed by atoms with E-state index in [1.54, 1.807) is 13.2 Å². The van der Waals surface area contributed by atoms with Gasteiger partial charge < -0.3 is 19.3 Å². The summed E-state index contributed by atoms with van der Waals surface area (Å²) < 4.78 is 15.1. The zero-order valence-electron chi connectivity index (χ0n) is 9.53. The number of aliphatic hydroxyl groups is 1. The average Bonchev–Trinajstić information content (AvgIpc) is 2.19. The fourth-order valence-electron chi connectivity index (χ4n) is 1.05. The molecule has 0 fully saturated rings. The molecular formula is C10H20O4. The molecule has 84 valence electrons. The second kappa shape index (κ2) is 5.88. The second-order valence-corrected chi connectivity index (χ2v) is 3.70. The van der Waals surface area contributed by atoms with Crippen LogP contribution in [0.15, 0.2) is 12.0 Å². The van der Waals surface area contributed by atoms with Crippen molar-refractivity contribution in [3.8, 4) is 0 Å². The molecule has 0 heterocycles. The highest BCUT2D eigenvalue weighted by Crippen LogP contribution is 2.24. The minimum Gasteiger partial charge on any atom is -0.469 e. The lowest BCUT2D eigenvalue weighted by atomic mass is 9.87. The Bertz CT molecular complexity index is 181. The summed E-state index contributed by atoms with van der Waals surface area (Å²) >= 11 is 0. The number of aliphatic hydroxyl groups excluding tert-OH is 1. The van der Waals surface area contributed by atoms with E-state index < -0.39 is 0 Å². The van der Waals surface area contributed by atoms with Gasteiger partial charge in [-0.2, -0.15) is 0 Å². The van der Waals surface area contributed by atoms with Crippen LogP contribution in [0.2, 0.25) is 0 Å². The van der Waals surface area contributed by atoms with Crippen molar-refractivity contribution in [2.24, 2.45) is 5.41 Å². The lowest BCUT2D eigenvalue weighted by Crippen LogP contribution is -2.33. The highest BCUT2D eigenvalue weighted by Gasteiger charge is 2.28. The van der Waals surface area contributed by atoms with Crippen LogP contribution in [0.1, 0.15) is 13.8 Å². The maximum atomic E-state index is 9.16. The SMILES string of the molecule is COC(=CC(OC)C(C)(C)CO)OC. The van der Waals surface area contributed by atoms with Gasteiger partial charge in [0.15, 0.2) is 0 Å². The number of methoxy groups -OCH3 is 3. The molecule has 0 amide bonds. The highest BCUT2D eigenvalue weighted by atomic mass is 16.7. The van der Waals surface area contributed by atoms with Crippen molar-refractivity contribution >= 4 is 0 Å². The molecule has 0 aliphatic heterocycles. The Balaban J connectivity index is 4.64. The van der Waals surface area contributed by atoms with E-state index in [1.807, 2.05) is 13.8 Å². The Morgan fingerprint density at radius 3 is 2.07 bits per heavy atom. The predicted molar refractivity (Wildman–Crippen MR) is 53.8 cm³/mol. The number of hydrogen-bond donors (Lipinski definition) is 1. The topological polar surface area (TPSA) is 47.9 Å². The van der Waals surface area contributed by atoms with Crippen LogP contribution in [-0.2, 0) is 14.2 Å². The van der Waals surface area contributed by atoms with Gasteiger partial charge in [0.2, 0.25) is 0 Å². The first-order chi connectivity index (χ1) is 6.51. The predicted octanol–water partition coefficient (Wildman–Crippen LogP) is 1.15. The first-order valence-corrected chi connectivity index (χ1v) is 4.45. The zero-order chi connectivity index (χ0) is 11.2. The normalized spacial score (nSPS) is 13.3. The van der Waals surface area contributed by atoms with E-state index >= 15 is 0 Å². The van der Waals surface area contributed by atoms with E-state index in [0.29, 0.717) is 5.95 Å². The summed E-state index contributed by atoms with van der Waals surface area (Å²) in [7, 11) is 4.63. The van der Waals surface area contributed by atoms with Gasteiger partial charge in [0.1, 0.15) is 0 Å². The first-order valence-electron chi connectivity index (χ1n) is 4.45. The molecule has 14 heavy (non-hydrogen) atoms. The number of hydrogen-bond acceptors (Lipinski definition) is 4. The lowest BCUT2D eigenvalue weighted by Gasteiger charge is -2.29. The van der Waals surface area contributed by atoms with E-state index in [-0.39, 0.29) is 18.1 Å². The Morgan fingerprint density at radius 1 is 1.29 bits per heavy atom. The maximum absolute atomic E-state index is 9.16. The molecule has 0 bridgehead atoms. The maximum Gasteiger partial charge on any atom is 0.276 e. The van der Waals surface area contributed by atoms with Crippen LogP contribution >= 0.6 is 0 Å². The van der Waals surface area contributed by atoms with Gasteiger partial charge in [0.25, 0.3) is 5.95 Å². The third-order valence-electron chi connectivity index (χ3n) is 2.12. The monoisotopic (exact) mass is 204 g/mol. The quantitative estimate of drug-likeness (QED) is 0.659. The minimum atomic E-state index is -0.364. The third kappa shape index (κ3) is 3.55. The van der Waals surface area contributed by atoms with Crippen LogP contribution in [0.25, 0.3) is 0 Å². The van der Waals surface area contributed by atoms with Crippen molar-refractivity contribution < 1.29 is 19.3 Å². The van der Waals surface area contributed by atoms with Crippen molar-refractivity contribution in [2.75, 3.05) is 27.9 Å². The Morgan fingerprint density at radius 2 is 1.79 bits per heavy atom. The van der Waals surface area contributed by atoms with Gasteiger partial charge in [-0.15, -0.1) is 0 Å². The molecule has 0 aliphatic rings. The molecule has 1 atom stereocenters. The minimum absolute atomic E-state index is 0.0305. The van der Waals surface area contributed by atoms with Gasteiger partial charge in [0.05, 0.1) is 26.9 Å². The van der Waals surface area contributed by atoms with Crippen molar-refractivity contribution in [2.45, 2.75) is 20.0 Å². The van der Waals surface area contributed by atoms with Gasteiger partial charge in [-0.05, 0) is 0 Å². The van der Waals surface area contributed by atoms with E-state index in [2.05, 4.69) is 0 Å². The molecule has 0 spiro atoms. The molecule has 1 N–H and O–H groups in total. The van der Waals surface area contributed by atoms with Crippen LogP contribution in [-0.4, -0.2) is 39.1 Å². The smallest absolute Gasteiger partial charge is 0.276 e. The molecule has 0 aromatic rings. The van der Waals surface area contributed by atoms with E-state index in [9.17, 15) is 0 Å². The largest absolute Gasteiger partial charge is 0.469 e. The van der Waals surface area contributed by atoms with Gasteiger partial charge in [-0.1, -0.05) is 13.8 Å². The van der Waals surface area contributed by atoms with E-state index in [0.717, 1.165) is 0 Å². The zero-order valence-corrected chi connectivity index (χ0v) is 9.53. The van der Waals surface area contributed by atoms with Gasteiger partial charge >= 0.3 is 0 Å². The summed E-state index contributed by atoms with van der Waals surface area (Å²) in [6, 6.07) is 0. The van der Waals surface area contributed by atoms with Crippen LogP contribution in [0, 0.1) is 5.41 Å². The summed E-state index contributed by atoms with van der Waals surface area (Å²) in [6.45, 7) is 3.84. The van der Waals surface area contributed by atoms with E-state index in [1.165, 1.54) is 14.2 Å². The fourth-order valence-corrected chi connectivity index (χ4v) is 1.05. The Labute approximate surface area is 85.5 Å². The van der Waals surface area contributed by atoms with Crippen molar-refractivity contribution in [1.29, 1.82) is 0 Å². The van der Waals surface area contributed by atoms with Crippen LogP contribution in [0.3, 0.4) is 0 Å². The molecule has 0 aliphatic carbocycles. The molecule has 0 saturated carbocycles. The summed E-state index contributed by atoms with van der Waals surface area (Å²) in [5, 5.41) is 9.16. The van der Waals surface area contributed by atoms with Crippen molar-refractivity contribution in [3.05, 3.63) is 12.0 Å². The standard InChI is InChI=1S/C10H20O4/c1-10(2,7-11)8(12-3)6-9(13-4)14-5/h6,8,11H,7H2,1-5H3. The average molecular weight is 204 g/mol. The summed E-state index contributed by atoms with van der Waals surface area (Å²) in [5.74, 6) is 0.387. The van der Waals surface area contributed by atoms with Gasteiger partial charge in [0, 0.05) is 18.6 Å². The fraction of sp³-hybridized carbons (Fsp3) is 0.800. The Kier molecular flexibility index (Phi) is 5.57. The molecule has 0 rings (SSSR count). The lowest BCUT2D eigenvalue weighted by molar-refractivity contribution is -0.00260. The molecule has 0 aromatic carbocycles. The summed E-state index contributed by atoms with van der Waals surface area (Å²) in [5.41, 5.74) is -0.364. The first kappa shape index (κ1) is 13.3. The number of ether oxygens (including phenoxy) is 3. The molecule has 0 radical (unpaired) electrons.